The summed E-state index contributed by atoms with van der Waals surface area (Å²) in [4.78, 5) is 0.834. The number of halogens is 2. The average Bonchev–Trinajstić information content (AvgIpc) is 2.62. The highest BCUT2D eigenvalue weighted by Gasteiger charge is 2.16. The Morgan fingerprint density at radius 1 is 1.11 bits per heavy atom. The summed E-state index contributed by atoms with van der Waals surface area (Å²) in [5, 5.41) is 0. The van der Waals surface area contributed by atoms with Crippen LogP contribution in [-0.4, -0.2) is 8.42 Å². The Balaban J connectivity index is 2.33. The smallest absolute Gasteiger partial charge is 0.271 e. The fraction of sp³-hybridized carbons (Fsp3) is 0.0909. The molecule has 0 saturated carbocycles. The Morgan fingerprint density at radius 2 is 1.72 bits per heavy atom. The van der Waals surface area contributed by atoms with Crippen molar-refractivity contribution in [2.75, 3.05) is 4.72 Å². The molecule has 0 bridgehead atoms. The van der Waals surface area contributed by atoms with Gasteiger partial charge in [0.25, 0.3) is 10.0 Å². The summed E-state index contributed by atoms with van der Waals surface area (Å²) in [6.45, 7) is 1.77. The van der Waals surface area contributed by atoms with Gasteiger partial charge < -0.3 is 0 Å². The van der Waals surface area contributed by atoms with Crippen LogP contribution in [0, 0.1) is 18.6 Å². The molecule has 1 heterocycles. The van der Waals surface area contributed by atoms with Crippen LogP contribution in [0.1, 0.15) is 4.88 Å². The van der Waals surface area contributed by atoms with E-state index in [0.717, 1.165) is 28.3 Å². The molecule has 3 nitrogen and oxygen atoms in total. The molecular weight excluding hydrogens is 280 g/mol. The molecule has 0 radical (unpaired) electrons. The number of sulfonamides is 1. The van der Waals surface area contributed by atoms with Gasteiger partial charge in [0.05, 0.1) is 5.69 Å². The summed E-state index contributed by atoms with van der Waals surface area (Å²) in [6.07, 6.45) is 0. The first-order valence-corrected chi connectivity index (χ1v) is 7.22. The molecular formula is C11H9F2NO2S2. The third-order valence-corrected chi connectivity index (χ3v) is 4.97. The number of benzene rings is 1. The second-order valence-corrected chi connectivity index (χ2v) is 6.83. The van der Waals surface area contributed by atoms with E-state index in [2.05, 4.69) is 4.72 Å². The van der Waals surface area contributed by atoms with Crippen LogP contribution < -0.4 is 4.72 Å². The number of rotatable bonds is 3. The Kier molecular flexibility index (Phi) is 3.36. The van der Waals surface area contributed by atoms with Crippen LogP contribution in [0.15, 0.2) is 34.5 Å². The monoisotopic (exact) mass is 289 g/mol. The summed E-state index contributed by atoms with van der Waals surface area (Å²) >= 11 is 1.08. The highest BCUT2D eigenvalue weighted by molar-refractivity contribution is 7.94. The van der Waals surface area contributed by atoms with Crippen LogP contribution in [0.2, 0.25) is 0 Å². The van der Waals surface area contributed by atoms with Gasteiger partial charge in [0.15, 0.2) is 0 Å². The Morgan fingerprint density at radius 3 is 2.22 bits per heavy atom. The molecule has 0 saturated heterocycles. The molecule has 0 atom stereocenters. The minimum atomic E-state index is -3.79. The quantitative estimate of drug-likeness (QED) is 0.943. The first kappa shape index (κ1) is 13.0. The zero-order valence-electron chi connectivity index (χ0n) is 9.28. The lowest BCUT2D eigenvalue weighted by Crippen LogP contribution is -2.11. The molecule has 0 unspecified atom stereocenters. The van der Waals surface area contributed by atoms with Crippen molar-refractivity contribution < 1.29 is 17.2 Å². The van der Waals surface area contributed by atoms with E-state index in [1.165, 1.54) is 6.07 Å². The molecule has 1 aromatic carbocycles. The van der Waals surface area contributed by atoms with Crippen molar-refractivity contribution in [1.29, 1.82) is 0 Å². The number of nitrogens with one attached hydrogen (secondary N) is 1. The van der Waals surface area contributed by atoms with Gasteiger partial charge in [0.2, 0.25) is 0 Å². The van der Waals surface area contributed by atoms with Gasteiger partial charge in [0, 0.05) is 10.9 Å². The normalized spacial score (nSPS) is 11.5. The summed E-state index contributed by atoms with van der Waals surface area (Å²) in [5.74, 6) is -1.68. The van der Waals surface area contributed by atoms with E-state index >= 15 is 0 Å². The predicted molar refractivity (Wildman–Crippen MR) is 66.2 cm³/mol. The van der Waals surface area contributed by atoms with E-state index in [1.54, 1.807) is 13.0 Å². The molecule has 2 rings (SSSR count). The second kappa shape index (κ2) is 4.66. The zero-order chi connectivity index (χ0) is 13.3. The fourth-order valence-corrected chi connectivity index (χ4v) is 3.70. The molecule has 0 aliphatic heterocycles. The van der Waals surface area contributed by atoms with E-state index < -0.39 is 21.7 Å². The van der Waals surface area contributed by atoms with Crippen LogP contribution in [0.4, 0.5) is 14.5 Å². The summed E-state index contributed by atoms with van der Waals surface area (Å²) in [5.41, 5.74) is -0.140. The first-order chi connectivity index (χ1) is 8.37. The highest BCUT2D eigenvalue weighted by atomic mass is 32.2. The molecule has 18 heavy (non-hydrogen) atoms. The summed E-state index contributed by atoms with van der Waals surface area (Å²) in [6, 6.07) is 5.61. The predicted octanol–water partition coefficient (Wildman–Crippen LogP) is 3.14. The van der Waals surface area contributed by atoms with Crippen LogP contribution in [-0.2, 0) is 10.0 Å². The van der Waals surface area contributed by atoms with Crippen LogP contribution in [0.25, 0.3) is 0 Å². The molecule has 7 heteroatoms. The summed E-state index contributed by atoms with van der Waals surface area (Å²) in [7, 11) is -3.79. The van der Waals surface area contributed by atoms with Crippen LogP contribution in [0.3, 0.4) is 0 Å². The van der Waals surface area contributed by atoms with Gasteiger partial charge in [-0.3, -0.25) is 4.72 Å². The topological polar surface area (TPSA) is 46.2 Å². The molecule has 0 aliphatic rings. The third kappa shape index (κ3) is 2.85. The van der Waals surface area contributed by atoms with Gasteiger partial charge in [-0.1, -0.05) is 0 Å². The Labute approximate surface area is 107 Å². The number of hydrogen-bond acceptors (Lipinski definition) is 3. The lowest BCUT2D eigenvalue weighted by molar-refractivity contribution is 0.584. The molecule has 0 aliphatic carbocycles. The van der Waals surface area contributed by atoms with Crippen LogP contribution >= 0.6 is 11.3 Å². The van der Waals surface area contributed by atoms with E-state index in [1.807, 2.05) is 0 Å². The van der Waals surface area contributed by atoms with Crippen molar-refractivity contribution >= 4 is 27.0 Å². The van der Waals surface area contributed by atoms with E-state index in [0.29, 0.717) is 6.07 Å². The molecule has 0 amide bonds. The van der Waals surface area contributed by atoms with E-state index in [4.69, 9.17) is 0 Å². The van der Waals surface area contributed by atoms with Crippen molar-refractivity contribution in [1.82, 2.24) is 0 Å². The van der Waals surface area contributed by atoms with Crippen molar-refractivity contribution in [3.8, 4) is 0 Å². The molecule has 0 fully saturated rings. The number of hydrogen-bond donors (Lipinski definition) is 1. The Bertz CT molecular complexity index is 660. The van der Waals surface area contributed by atoms with Gasteiger partial charge in [-0.15, -0.1) is 11.3 Å². The number of aryl methyl sites for hydroxylation is 1. The van der Waals surface area contributed by atoms with Gasteiger partial charge in [-0.2, -0.15) is 0 Å². The van der Waals surface area contributed by atoms with Crippen molar-refractivity contribution in [2.24, 2.45) is 0 Å². The maximum Gasteiger partial charge on any atom is 0.271 e. The second-order valence-electron chi connectivity index (χ2n) is 3.63. The largest absolute Gasteiger partial charge is 0.279 e. The van der Waals surface area contributed by atoms with Crippen molar-refractivity contribution in [3.05, 3.63) is 46.8 Å². The van der Waals surface area contributed by atoms with Gasteiger partial charge in [-0.25, -0.2) is 17.2 Å². The van der Waals surface area contributed by atoms with Crippen molar-refractivity contribution in [3.63, 3.8) is 0 Å². The Hall–Kier alpha value is -1.47. The fourth-order valence-electron chi connectivity index (χ4n) is 1.37. The lowest BCUT2D eigenvalue weighted by Gasteiger charge is -2.06. The third-order valence-electron chi connectivity index (χ3n) is 2.10. The van der Waals surface area contributed by atoms with Gasteiger partial charge in [-0.05, 0) is 31.2 Å². The van der Waals surface area contributed by atoms with Gasteiger partial charge >= 0.3 is 0 Å². The molecule has 0 spiro atoms. The maximum atomic E-state index is 12.9. The lowest BCUT2D eigenvalue weighted by atomic mass is 10.3. The minimum Gasteiger partial charge on any atom is -0.279 e. The van der Waals surface area contributed by atoms with E-state index in [9.17, 15) is 17.2 Å². The molecule has 1 N–H and O–H groups in total. The zero-order valence-corrected chi connectivity index (χ0v) is 10.9. The molecule has 2 aromatic rings. The number of anilines is 1. The van der Waals surface area contributed by atoms with E-state index in [-0.39, 0.29) is 9.90 Å². The van der Waals surface area contributed by atoms with Gasteiger partial charge in [0.1, 0.15) is 15.8 Å². The molecule has 96 valence electrons. The summed E-state index contributed by atoms with van der Waals surface area (Å²) < 4.78 is 51.9. The first-order valence-electron chi connectivity index (χ1n) is 4.92. The van der Waals surface area contributed by atoms with Crippen LogP contribution in [0.5, 0.6) is 0 Å². The standard InChI is InChI=1S/C11H9F2NO2S2/c1-7-2-3-11(17-7)18(15,16)14-10-5-8(12)4-9(13)6-10/h2-6,14H,1H3. The average molecular weight is 289 g/mol. The SMILES string of the molecule is Cc1ccc(S(=O)(=O)Nc2cc(F)cc(F)c2)s1. The van der Waals surface area contributed by atoms with Crippen molar-refractivity contribution in [2.45, 2.75) is 11.1 Å². The highest BCUT2D eigenvalue weighted by Crippen LogP contribution is 2.24. The molecule has 1 aromatic heterocycles. The maximum absolute atomic E-state index is 12.9. The number of thiophene rings is 1. The minimum absolute atomic E-state index is 0.102.